The number of hydrogen-bond donors (Lipinski definition) is 3. The normalized spacial score (nSPS) is 16.4. The second-order valence-electron chi connectivity index (χ2n) is 6.40. The number of hydrogen-bond acceptors (Lipinski definition) is 4. The molecule has 0 unspecified atom stereocenters. The highest BCUT2D eigenvalue weighted by Gasteiger charge is 2.32. The Morgan fingerprint density at radius 2 is 1.83 bits per heavy atom. The van der Waals surface area contributed by atoms with Gasteiger partial charge in [-0.1, -0.05) is 30.3 Å². The lowest BCUT2D eigenvalue weighted by Gasteiger charge is -2.37. The van der Waals surface area contributed by atoms with E-state index in [9.17, 15) is 9.59 Å². The third kappa shape index (κ3) is 5.94. The van der Waals surface area contributed by atoms with Crippen LogP contribution in [0, 0.1) is 5.41 Å². The van der Waals surface area contributed by atoms with Crippen LogP contribution in [0.25, 0.3) is 0 Å². The molecule has 1 fully saturated rings. The molecule has 1 heterocycles. The molecule has 6 heteroatoms. The summed E-state index contributed by atoms with van der Waals surface area (Å²) in [6, 6.07) is 9.48. The molecule has 3 N–H and O–H groups in total. The topological polar surface area (TPSA) is 79.5 Å². The van der Waals surface area contributed by atoms with Crippen molar-refractivity contribution in [2.75, 3.05) is 39.9 Å². The largest absolute Gasteiger partial charge is 0.384 e. The first-order valence-electron chi connectivity index (χ1n) is 8.40. The van der Waals surface area contributed by atoms with Gasteiger partial charge in [0, 0.05) is 19.1 Å². The second kappa shape index (κ2) is 9.39. The van der Waals surface area contributed by atoms with Crippen LogP contribution in [0.2, 0.25) is 0 Å². The molecule has 132 valence electrons. The third-order valence-corrected chi connectivity index (χ3v) is 4.43. The van der Waals surface area contributed by atoms with Crippen molar-refractivity contribution in [2.45, 2.75) is 19.3 Å². The van der Waals surface area contributed by atoms with E-state index in [0.717, 1.165) is 31.5 Å². The minimum absolute atomic E-state index is 0.00692. The van der Waals surface area contributed by atoms with Gasteiger partial charge >= 0.3 is 0 Å². The van der Waals surface area contributed by atoms with Gasteiger partial charge in [0.15, 0.2) is 0 Å². The highest BCUT2D eigenvalue weighted by atomic mass is 16.5. The Kier molecular flexibility index (Phi) is 7.21. The van der Waals surface area contributed by atoms with Crippen LogP contribution in [-0.2, 0) is 20.7 Å². The van der Waals surface area contributed by atoms with E-state index in [1.54, 1.807) is 7.11 Å². The highest BCUT2D eigenvalue weighted by molar-refractivity contribution is 5.85. The summed E-state index contributed by atoms with van der Waals surface area (Å²) in [4.78, 5) is 23.9. The van der Waals surface area contributed by atoms with Gasteiger partial charge in [0.1, 0.15) is 0 Å². The molecule has 1 saturated heterocycles. The minimum atomic E-state index is -0.162. The van der Waals surface area contributed by atoms with Crippen LogP contribution < -0.4 is 16.0 Å². The quantitative estimate of drug-likeness (QED) is 0.646. The van der Waals surface area contributed by atoms with Gasteiger partial charge in [-0.05, 0) is 31.5 Å². The molecule has 0 aliphatic carbocycles. The summed E-state index contributed by atoms with van der Waals surface area (Å²) in [6.45, 7) is 3.10. The number of carbonyl (C=O) groups excluding carboxylic acids is 2. The maximum Gasteiger partial charge on any atom is 0.239 e. The van der Waals surface area contributed by atoms with Crippen LogP contribution in [0.1, 0.15) is 18.4 Å². The van der Waals surface area contributed by atoms with Gasteiger partial charge < -0.3 is 20.7 Å². The van der Waals surface area contributed by atoms with Gasteiger partial charge in [-0.15, -0.1) is 0 Å². The molecule has 0 aromatic heterocycles. The second-order valence-corrected chi connectivity index (χ2v) is 6.40. The predicted molar refractivity (Wildman–Crippen MR) is 92.6 cm³/mol. The van der Waals surface area contributed by atoms with Crippen molar-refractivity contribution in [3.05, 3.63) is 35.9 Å². The van der Waals surface area contributed by atoms with Gasteiger partial charge in [0.2, 0.25) is 11.8 Å². The number of carbonyl (C=O) groups is 2. The van der Waals surface area contributed by atoms with Crippen LogP contribution in [0.15, 0.2) is 30.3 Å². The van der Waals surface area contributed by atoms with E-state index in [-0.39, 0.29) is 30.2 Å². The molecule has 0 saturated carbocycles. The summed E-state index contributed by atoms with van der Waals surface area (Å²) in [5, 5.41) is 8.93. The summed E-state index contributed by atoms with van der Waals surface area (Å²) in [7, 11) is 1.69. The van der Waals surface area contributed by atoms with E-state index in [1.807, 2.05) is 30.3 Å². The molecule has 2 amide bonds. The van der Waals surface area contributed by atoms with Crippen molar-refractivity contribution in [1.29, 1.82) is 0 Å². The predicted octanol–water partition coefficient (Wildman–Crippen LogP) is 0.478. The van der Waals surface area contributed by atoms with Crippen molar-refractivity contribution in [3.8, 4) is 0 Å². The molecule has 6 nitrogen and oxygen atoms in total. The van der Waals surface area contributed by atoms with Gasteiger partial charge in [-0.3, -0.25) is 9.59 Å². The number of methoxy groups -OCH3 is 1. The first-order chi connectivity index (χ1) is 11.6. The van der Waals surface area contributed by atoms with Crippen LogP contribution >= 0.6 is 0 Å². The van der Waals surface area contributed by atoms with Crippen LogP contribution in [-0.4, -0.2) is 51.7 Å². The number of ether oxygens (including phenoxy) is 1. The summed E-state index contributed by atoms with van der Waals surface area (Å²) in [5.41, 5.74) is 0.924. The smallest absolute Gasteiger partial charge is 0.239 e. The standard InChI is InChI=1S/C18H27N3O3/c1-24-14-18(7-9-19-10-8-18)13-21-17(23)12-20-16(22)11-15-5-3-2-4-6-15/h2-6,19H,7-14H2,1H3,(H,20,22)(H,21,23). The Labute approximate surface area is 143 Å². The lowest BCUT2D eigenvalue weighted by atomic mass is 9.79. The Morgan fingerprint density at radius 3 is 2.50 bits per heavy atom. The molecule has 2 rings (SSSR count). The highest BCUT2D eigenvalue weighted by Crippen LogP contribution is 2.28. The van der Waals surface area contributed by atoms with E-state index < -0.39 is 0 Å². The van der Waals surface area contributed by atoms with Crippen molar-refractivity contribution in [2.24, 2.45) is 5.41 Å². The molecular formula is C18H27N3O3. The zero-order valence-electron chi connectivity index (χ0n) is 14.3. The molecule has 0 bridgehead atoms. The average Bonchev–Trinajstić information content (AvgIpc) is 2.60. The molecule has 1 aliphatic rings. The van der Waals surface area contributed by atoms with Crippen LogP contribution in [0.4, 0.5) is 0 Å². The van der Waals surface area contributed by atoms with Crippen molar-refractivity contribution in [1.82, 2.24) is 16.0 Å². The number of benzene rings is 1. The number of rotatable bonds is 8. The SMILES string of the molecule is COCC1(CNC(=O)CNC(=O)Cc2ccccc2)CCNCC1. The maximum atomic E-state index is 12.0. The molecule has 24 heavy (non-hydrogen) atoms. The van der Waals surface area contributed by atoms with E-state index in [1.165, 1.54) is 0 Å². The Hall–Kier alpha value is -1.92. The fourth-order valence-corrected chi connectivity index (χ4v) is 3.01. The average molecular weight is 333 g/mol. The van der Waals surface area contributed by atoms with Gasteiger partial charge in [-0.2, -0.15) is 0 Å². The zero-order valence-corrected chi connectivity index (χ0v) is 14.3. The number of nitrogens with one attached hydrogen (secondary N) is 3. The molecular weight excluding hydrogens is 306 g/mol. The summed E-state index contributed by atoms with van der Waals surface area (Å²) in [6.07, 6.45) is 2.23. The molecule has 0 radical (unpaired) electrons. The van der Waals surface area contributed by atoms with E-state index in [4.69, 9.17) is 4.74 Å². The van der Waals surface area contributed by atoms with E-state index >= 15 is 0 Å². The lowest BCUT2D eigenvalue weighted by molar-refractivity contribution is -0.126. The maximum absolute atomic E-state index is 12.0. The summed E-state index contributed by atoms with van der Waals surface area (Å²) >= 11 is 0. The van der Waals surface area contributed by atoms with Gasteiger partial charge in [-0.25, -0.2) is 0 Å². The summed E-state index contributed by atoms with van der Waals surface area (Å²) in [5.74, 6) is -0.310. The molecule has 1 aliphatic heterocycles. The molecule has 0 atom stereocenters. The van der Waals surface area contributed by atoms with Crippen molar-refractivity contribution >= 4 is 11.8 Å². The molecule has 1 aromatic carbocycles. The Morgan fingerprint density at radius 1 is 1.12 bits per heavy atom. The minimum Gasteiger partial charge on any atom is -0.384 e. The summed E-state index contributed by atoms with van der Waals surface area (Å²) < 4.78 is 5.33. The van der Waals surface area contributed by atoms with Crippen LogP contribution in [0.5, 0.6) is 0 Å². The number of amides is 2. The van der Waals surface area contributed by atoms with Crippen molar-refractivity contribution in [3.63, 3.8) is 0 Å². The molecule has 0 spiro atoms. The van der Waals surface area contributed by atoms with E-state index in [0.29, 0.717) is 13.2 Å². The number of piperidine rings is 1. The first kappa shape index (κ1) is 18.4. The Bertz CT molecular complexity index is 522. The lowest BCUT2D eigenvalue weighted by Crippen LogP contribution is -2.48. The van der Waals surface area contributed by atoms with Crippen LogP contribution in [0.3, 0.4) is 0 Å². The van der Waals surface area contributed by atoms with Gasteiger partial charge in [0.25, 0.3) is 0 Å². The van der Waals surface area contributed by atoms with Gasteiger partial charge in [0.05, 0.1) is 19.6 Å². The van der Waals surface area contributed by atoms with Crippen molar-refractivity contribution < 1.29 is 14.3 Å². The monoisotopic (exact) mass is 333 g/mol. The van der Waals surface area contributed by atoms with E-state index in [2.05, 4.69) is 16.0 Å². The first-order valence-corrected chi connectivity index (χ1v) is 8.40. The zero-order chi connectivity index (χ0) is 17.3. The fraction of sp³-hybridized carbons (Fsp3) is 0.556. The molecule has 1 aromatic rings. The third-order valence-electron chi connectivity index (χ3n) is 4.43. The fourth-order valence-electron chi connectivity index (χ4n) is 3.01. The Balaban J connectivity index is 1.71.